The summed E-state index contributed by atoms with van der Waals surface area (Å²) in [5.41, 5.74) is 0. The molecule has 0 atom stereocenters. The Labute approximate surface area is 176 Å². The molecule has 0 saturated heterocycles. The van der Waals surface area contributed by atoms with Gasteiger partial charge in [-0.15, -0.1) is 0 Å². The van der Waals surface area contributed by atoms with Crippen LogP contribution in [0.3, 0.4) is 0 Å². The molecule has 0 spiro atoms. The van der Waals surface area contributed by atoms with Crippen molar-refractivity contribution in [3.05, 3.63) is 75.4 Å². The zero-order chi connectivity index (χ0) is 20.3. The van der Waals surface area contributed by atoms with Crippen LogP contribution in [0, 0.1) is 5.21 Å². The van der Waals surface area contributed by atoms with Crippen LogP contribution in [-0.2, 0) is 0 Å². The summed E-state index contributed by atoms with van der Waals surface area (Å²) in [4.78, 5) is 3.95. The molecule has 0 fully saturated rings. The molecule has 0 radical (unpaired) electrons. The highest BCUT2D eigenvalue weighted by Crippen LogP contribution is 2.28. The van der Waals surface area contributed by atoms with Gasteiger partial charge in [-0.25, -0.2) is 4.98 Å². The third-order valence-electron chi connectivity index (χ3n) is 4.02. The Hall–Kier alpha value is -2.47. The normalized spacial score (nSPS) is 10.5. The number of methoxy groups -OCH3 is 2. The lowest BCUT2D eigenvalue weighted by molar-refractivity contribution is -0.601. The van der Waals surface area contributed by atoms with Crippen molar-refractivity contribution in [3.8, 4) is 11.5 Å². The van der Waals surface area contributed by atoms with Crippen molar-refractivity contribution in [3.63, 3.8) is 0 Å². The first-order valence-electron chi connectivity index (χ1n) is 8.08. The molecule has 28 heavy (non-hydrogen) atoms. The monoisotopic (exact) mass is 436 g/mol. The zero-order valence-electron chi connectivity index (χ0n) is 14.9. The third-order valence-corrected chi connectivity index (χ3v) is 4.88. The molecule has 0 bridgehead atoms. The molecule has 0 saturated carbocycles. The molecule has 2 heterocycles. The summed E-state index contributed by atoms with van der Waals surface area (Å²) in [6.07, 6.45) is 1.38. The lowest BCUT2D eigenvalue weighted by Crippen LogP contribution is -2.26. The fraction of sp³-hybridized carbons (Fsp3) is 0.100. The van der Waals surface area contributed by atoms with Gasteiger partial charge in [0, 0.05) is 11.5 Å². The van der Waals surface area contributed by atoms with Gasteiger partial charge in [0.1, 0.15) is 21.8 Å². The predicted molar refractivity (Wildman–Crippen MR) is 113 cm³/mol. The van der Waals surface area contributed by atoms with Crippen LogP contribution < -0.4 is 14.2 Å². The van der Waals surface area contributed by atoms with Gasteiger partial charge in [0.25, 0.3) is 5.15 Å². The number of benzene rings is 2. The molecule has 4 aromatic rings. The van der Waals surface area contributed by atoms with E-state index in [1.807, 2.05) is 24.3 Å². The highest BCUT2D eigenvalue weighted by Gasteiger charge is 2.08. The van der Waals surface area contributed by atoms with Crippen LogP contribution in [0.15, 0.2) is 54.7 Å². The average molecular weight is 438 g/mol. The van der Waals surface area contributed by atoms with E-state index in [4.69, 9.17) is 44.3 Å². The molecule has 4 rings (SSSR count). The molecule has 144 valence electrons. The Kier molecular flexibility index (Phi) is 6.29. The average Bonchev–Trinajstić information content (AvgIpc) is 2.70. The number of fused-ring (bicyclic) bond motifs is 2. The van der Waals surface area contributed by atoms with Gasteiger partial charge in [-0.1, -0.05) is 23.2 Å². The minimum absolute atomic E-state index is 0.185. The summed E-state index contributed by atoms with van der Waals surface area (Å²) in [6, 6.07) is 14.4. The Morgan fingerprint density at radius 2 is 1.43 bits per heavy atom. The second kappa shape index (κ2) is 8.69. The first kappa shape index (κ1) is 20.3. The summed E-state index contributed by atoms with van der Waals surface area (Å²) in [6.45, 7) is 0. The van der Waals surface area contributed by atoms with E-state index >= 15 is 0 Å². The molecule has 2 aromatic carbocycles. The van der Waals surface area contributed by atoms with Gasteiger partial charge in [-0.05, 0) is 64.8 Å². The number of halogens is 3. The summed E-state index contributed by atoms with van der Waals surface area (Å²) in [5.74, 6) is 1.52. The first-order valence-corrected chi connectivity index (χ1v) is 9.21. The Morgan fingerprint density at radius 3 is 2.07 bits per heavy atom. The van der Waals surface area contributed by atoms with Crippen molar-refractivity contribution in [2.75, 3.05) is 14.2 Å². The summed E-state index contributed by atoms with van der Waals surface area (Å²) in [5, 5.41) is 15.5. The molecule has 2 aromatic heterocycles. The maximum Gasteiger partial charge on any atom is 0.294 e. The fourth-order valence-electron chi connectivity index (χ4n) is 2.62. The Morgan fingerprint density at radius 1 is 0.821 bits per heavy atom. The molecule has 5 nitrogen and oxygen atoms in total. The van der Waals surface area contributed by atoms with Gasteiger partial charge in [-0.3, -0.25) is 0 Å². The quantitative estimate of drug-likeness (QED) is 0.230. The largest absolute Gasteiger partial charge is 0.618 e. The van der Waals surface area contributed by atoms with Gasteiger partial charge >= 0.3 is 0 Å². The van der Waals surface area contributed by atoms with Gasteiger partial charge in [0.2, 0.25) is 0 Å². The Bertz CT molecular complexity index is 1150. The molecule has 0 aliphatic carbocycles. The second-order valence-electron chi connectivity index (χ2n) is 5.71. The number of hydrogen-bond donors (Lipinski definition) is 0. The van der Waals surface area contributed by atoms with Crippen LogP contribution >= 0.6 is 34.8 Å². The number of aromatic nitrogens is 2. The SMILES string of the molecule is COc1ccc2c(Cl)[n+]([O-])ccc2c1.COc1ccc2c(Cl)nc(Cl)cc2c1. The van der Waals surface area contributed by atoms with Crippen molar-refractivity contribution >= 4 is 56.3 Å². The van der Waals surface area contributed by atoms with Crippen LogP contribution in [0.25, 0.3) is 21.5 Å². The first-order chi connectivity index (χ1) is 13.4. The van der Waals surface area contributed by atoms with Gasteiger partial charge in [-0.2, -0.15) is 4.73 Å². The molecule has 0 N–H and O–H groups in total. The summed E-state index contributed by atoms with van der Waals surface area (Å²) < 4.78 is 10.8. The fourth-order valence-corrected chi connectivity index (χ4v) is 3.35. The minimum Gasteiger partial charge on any atom is -0.618 e. The summed E-state index contributed by atoms with van der Waals surface area (Å²) >= 11 is 17.5. The van der Waals surface area contributed by atoms with Gasteiger partial charge in [0.15, 0.2) is 6.20 Å². The molecule has 0 aliphatic heterocycles. The van der Waals surface area contributed by atoms with Crippen molar-refractivity contribution in [1.29, 1.82) is 0 Å². The molecule has 0 unspecified atom stereocenters. The van der Waals surface area contributed by atoms with Crippen molar-refractivity contribution in [2.24, 2.45) is 0 Å². The smallest absolute Gasteiger partial charge is 0.294 e. The van der Waals surface area contributed by atoms with E-state index < -0.39 is 0 Å². The highest BCUT2D eigenvalue weighted by molar-refractivity contribution is 6.36. The molecule has 8 heteroatoms. The number of pyridine rings is 2. The molecular weight excluding hydrogens is 423 g/mol. The van der Waals surface area contributed by atoms with Crippen LogP contribution in [0.5, 0.6) is 11.5 Å². The van der Waals surface area contributed by atoms with Crippen molar-refractivity contribution in [2.45, 2.75) is 0 Å². The number of rotatable bonds is 2. The maximum absolute atomic E-state index is 11.1. The second-order valence-corrected chi connectivity index (χ2v) is 6.81. The zero-order valence-corrected chi connectivity index (χ0v) is 17.2. The van der Waals surface area contributed by atoms with Crippen LogP contribution in [0.4, 0.5) is 0 Å². The van der Waals surface area contributed by atoms with Crippen LogP contribution in [0.2, 0.25) is 15.5 Å². The van der Waals surface area contributed by atoms with E-state index in [1.165, 1.54) is 6.20 Å². The van der Waals surface area contributed by atoms with Crippen LogP contribution in [-0.4, -0.2) is 19.2 Å². The summed E-state index contributed by atoms with van der Waals surface area (Å²) in [7, 11) is 3.21. The van der Waals surface area contributed by atoms with E-state index in [-0.39, 0.29) is 5.15 Å². The van der Waals surface area contributed by atoms with Crippen LogP contribution in [0.1, 0.15) is 0 Å². The Balaban J connectivity index is 0.000000161. The molecule has 0 amide bonds. The lowest BCUT2D eigenvalue weighted by atomic mass is 10.2. The van der Waals surface area contributed by atoms with E-state index in [0.29, 0.717) is 15.0 Å². The molecular formula is C20H15Cl3N2O3. The molecule has 0 aliphatic rings. The lowest BCUT2D eigenvalue weighted by Gasteiger charge is -2.04. The third kappa shape index (κ3) is 4.33. The van der Waals surface area contributed by atoms with Gasteiger partial charge in [0.05, 0.1) is 19.6 Å². The standard InChI is InChI=1S/C10H7Cl2NO.C10H8ClNO2/c1-14-7-2-3-8-6(4-7)5-9(11)13-10(8)12;1-14-8-2-3-9-7(6-8)4-5-12(13)10(9)11/h2-5H,1H3;2-6H,1H3. The van der Waals surface area contributed by atoms with E-state index in [1.54, 1.807) is 38.5 Å². The number of nitrogens with zero attached hydrogens (tertiary/aromatic N) is 2. The van der Waals surface area contributed by atoms with E-state index in [2.05, 4.69) is 4.98 Å². The topological polar surface area (TPSA) is 58.3 Å². The minimum atomic E-state index is 0.185. The van der Waals surface area contributed by atoms with E-state index in [9.17, 15) is 5.21 Å². The van der Waals surface area contributed by atoms with E-state index in [0.717, 1.165) is 33.0 Å². The van der Waals surface area contributed by atoms with Crippen molar-refractivity contribution in [1.82, 2.24) is 4.98 Å². The van der Waals surface area contributed by atoms with Crippen molar-refractivity contribution < 1.29 is 14.2 Å². The maximum atomic E-state index is 11.1. The predicted octanol–water partition coefficient (Wildman–Crippen LogP) is 5.69. The number of hydrogen-bond acceptors (Lipinski definition) is 4. The van der Waals surface area contributed by atoms with Gasteiger partial charge < -0.3 is 14.7 Å². The number of ether oxygens (including phenoxy) is 2. The highest BCUT2D eigenvalue weighted by atomic mass is 35.5.